The Morgan fingerprint density at radius 2 is 1.82 bits per heavy atom. The molecule has 9 nitrogen and oxygen atoms in total. The van der Waals surface area contributed by atoms with E-state index in [9.17, 15) is 10.2 Å². The standard InChI is InChI=1S/C24H31N7O2/c1-15(32)21-27-17-7-5-6-8-19(17)31(21)23-25-13-18-22(28-23)29(4)20(26-18)14-30-11-9-16(10-12-30)24(2,3)33/h5-8,13,15-16,32-33H,9-12,14H2,1-4H3. The van der Waals surface area contributed by atoms with Gasteiger partial charge >= 0.3 is 0 Å². The second kappa shape index (κ2) is 8.16. The van der Waals surface area contributed by atoms with Crippen molar-refractivity contribution in [2.75, 3.05) is 13.1 Å². The first kappa shape index (κ1) is 21.9. The number of rotatable bonds is 5. The summed E-state index contributed by atoms with van der Waals surface area (Å²) in [5.74, 6) is 2.24. The maximum atomic E-state index is 10.3. The normalized spacial score (nSPS) is 17.3. The summed E-state index contributed by atoms with van der Waals surface area (Å²) in [6, 6.07) is 7.73. The molecule has 174 valence electrons. The van der Waals surface area contributed by atoms with Crippen LogP contribution in [0.1, 0.15) is 51.4 Å². The summed E-state index contributed by atoms with van der Waals surface area (Å²) in [5, 5.41) is 20.6. The Labute approximate surface area is 192 Å². The average Bonchev–Trinajstić information content (AvgIpc) is 3.32. The van der Waals surface area contributed by atoms with Gasteiger partial charge in [-0.15, -0.1) is 0 Å². The third kappa shape index (κ3) is 4.01. The number of hydrogen-bond donors (Lipinski definition) is 2. The molecule has 4 heterocycles. The van der Waals surface area contributed by atoms with E-state index in [4.69, 9.17) is 9.97 Å². The molecule has 2 N–H and O–H groups in total. The predicted octanol–water partition coefficient (Wildman–Crippen LogP) is 2.74. The minimum atomic E-state index is -0.759. The Hall–Kier alpha value is -2.88. The average molecular weight is 450 g/mol. The molecule has 33 heavy (non-hydrogen) atoms. The van der Waals surface area contributed by atoms with E-state index in [0.717, 1.165) is 60.5 Å². The molecule has 0 aliphatic carbocycles. The van der Waals surface area contributed by atoms with E-state index in [1.165, 1.54) is 0 Å². The molecule has 0 bridgehead atoms. The van der Waals surface area contributed by atoms with Crippen molar-refractivity contribution < 1.29 is 10.2 Å². The molecule has 4 aromatic rings. The minimum Gasteiger partial charge on any atom is -0.390 e. The predicted molar refractivity (Wildman–Crippen MR) is 126 cm³/mol. The van der Waals surface area contributed by atoms with Gasteiger partial charge in [-0.3, -0.25) is 9.47 Å². The molecule has 3 aromatic heterocycles. The summed E-state index contributed by atoms with van der Waals surface area (Å²) >= 11 is 0. The monoisotopic (exact) mass is 449 g/mol. The molecule has 1 atom stereocenters. The lowest BCUT2D eigenvalue weighted by Gasteiger charge is -2.37. The molecule has 0 amide bonds. The fourth-order valence-electron chi connectivity index (χ4n) is 4.80. The van der Waals surface area contributed by atoms with Crippen LogP contribution in [0, 0.1) is 5.92 Å². The smallest absolute Gasteiger partial charge is 0.237 e. The molecule has 1 aliphatic heterocycles. The van der Waals surface area contributed by atoms with E-state index >= 15 is 0 Å². The number of aliphatic hydroxyl groups is 2. The maximum absolute atomic E-state index is 10.3. The zero-order valence-electron chi connectivity index (χ0n) is 19.6. The van der Waals surface area contributed by atoms with Crippen molar-refractivity contribution in [1.82, 2.24) is 34.0 Å². The van der Waals surface area contributed by atoms with Crippen molar-refractivity contribution in [3.8, 4) is 5.95 Å². The van der Waals surface area contributed by atoms with Crippen LogP contribution in [-0.4, -0.2) is 62.9 Å². The van der Waals surface area contributed by atoms with Crippen molar-refractivity contribution in [3.05, 3.63) is 42.1 Å². The van der Waals surface area contributed by atoms with Crippen LogP contribution >= 0.6 is 0 Å². The molecule has 0 spiro atoms. The molecular weight excluding hydrogens is 418 g/mol. The van der Waals surface area contributed by atoms with Gasteiger partial charge in [0.1, 0.15) is 23.3 Å². The minimum absolute atomic E-state index is 0.329. The molecule has 1 aliphatic rings. The van der Waals surface area contributed by atoms with Gasteiger partial charge in [0.05, 0.1) is 29.4 Å². The van der Waals surface area contributed by atoms with E-state index in [-0.39, 0.29) is 0 Å². The summed E-state index contributed by atoms with van der Waals surface area (Å²) in [7, 11) is 1.98. The largest absolute Gasteiger partial charge is 0.390 e. The van der Waals surface area contributed by atoms with Gasteiger partial charge in [-0.05, 0) is 64.8 Å². The second-order valence-corrected chi connectivity index (χ2v) is 9.64. The van der Waals surface area contributed by atoms with Crippen molar-refractivity contribution in [1.29, 1.82) is 0 Å². The third-order valence-corrected chi connectivity index (χ3v) is 6.80. The number of aromatic nitrogens is 6. The molecule has 0 radical (unpaired) electrons. The highest BCUT2D eigenvalue weighted by atomic mass is 16.3. The molecule has 5 rings (SSSR count). The van der Waals surface area contributed by atoms with E-state index in [0.29, 0.717) is 17.7 Å². The van der Waals surface area contributed by atoms with Crippen LogP contribution in [0.4, 0.5) is 0 Å². The van der Waals surface area contributed by atoms with Crippen LogP contribution in [0.15, 0.2) is 30.5 Å². The summed E-state index contributed by atoms with van der Waals surface area (Å²) in [4.78, 5) is 21.1. The van der Waals surface area contributed by atoms with Crippen LogP contribution in [0.2, 0.25) is 0 Å². The Kier molecular flexibility index (Phi) is 5.43. The third-order valence-electron chi connectivity index (χ3n) is 6.80. The number of piperidine rings is 1. The summed E-state index contributed by atoms with van der Waals surface area (Å²) < 4.78 is 3.83. The Morgan fingerprint density at radius 1 is 1.09 bits per heavy atom. The van der Waals surface area contributed by atoms with E-state index < -0.39 is 11.7 Å². The lowest BCUT2D eigenvalue weighted by atomic mass is 9.83. The van der Waals surface area contributed by atoms with Crippen molar-refractivity contribution in [2.45, 2.75) is 51.9 Å². The summed E-state index contributed by atoms with van der Waals surface area (Å²) in [6.07, 6.45) is 2.94. The van der Waals surface area contributed by atoms with Crippen LogP contribution < -0.4 is 0 Å². The topological polar surface area (TPSA) is 105 Å². The number of aliphatic hydroxyl groups excluding tert-OH is 1. The Balaban J connectivity index is 1.46. The van der Waals surface area contributed by atoms with Crippen molar-refractivity contribution in [3.63, 3.8) is 0 Å². The van der Waals surface area contributed by atoms with E-state index in [2.05, 4.69) is 14.9 Å². The second-order valence-electron chi connectivity index (χ2n) is 9.64. The number of benzene rings is 1. The summed E-state index contributed by atoms with van der Waals surface area (Å²) in [6.45, 7) is 8.11. The van der Waals surface area contributed by atoms with Crippen LogP contribution in [0.25, 0.3) is 28.1 Å². The Bertz CT molecular complexity index is 1290. The van der Waals surface area contributed by atoms with Gasteiger partial charge in [0.2, 0.25) is 5.95 Å². The SMILES string of the molecule is CC(O)c1nc2ccccc2n1-c1ncc2nc(CN3CCC(C(C)(C)O)CC3)n(C)c2n1. The van der Waals surface area contributed by atoms with E-state index in [1.54, 1.807) is 13.1 Å². The molecule has 1 saturated heterocycles. The lowest BCUT2D eigenvalue weighted by molar-refractivity contribution is -0.0139. The first-order chi connectivity index (χ1) is 15.7. The number of para-hydroxylation sites is 2. The molecule has 1 unspecified atom stereocenters. The lowest BCUT2D eigenvalue weighted by Crippen LogP contribution is -2.41. The van der Waals surface area contributed by atoms with Crippen LogP contribution in [-0.2, 0) is 13.6 Å². The molecule has 0 saturated carbocycles. The van der Waals surface area contributed by atoms with Crippen molar-refractivity contribution >= 4 is 22.2 Å². The quantitative estimate of drug-likeness (QED) is 0.483. The fraction of sp³-hybridized carbons (Fsp3) is 0.500. The van der Waals surface area contributed by atoms with E-state index in [1.807, 2.05) is 54.3 Å². The Morgan fingerprint density at radius 3 is 2.52 bits per heavy atom. The van der Waals surface area contributed by atoms with Gasteiger partial charge in [0.15, 0.2) is 5.65 Å². The number of aryl methyl sites for hydroxylation is 1. The summed E-state index contributed by atoms with van der Waals surface area (Å²) in [5.41, 5.74) is 2.50. The first-order valence-corrected chi connectivity index (χ1v) is 11.5. The number of imidazole rings is 2. The van der Waals surface area contributed by atoms with Gasteiger partial charge in [-0.1, -0.05) is 12.1 Å². The maximum Gasteiger partial charge on any atom is 0.237 e. The van der Waals surface area contributed by atoms with Crippen LogP contribution in [0.3, 0.4) is 0 Å². The zero-order valence-corrected chi connectivity index (χ0v) is 19.6. The first-order valence-electron chi connectivity index (χ1n) is 11.5. The highest BCUT2D eigenvalue weighted by molar-refractivity contribution is 5.78. The highest BCUT2D eigenvalue weighted by Gasteiger charge is 2.31. The molecular formula is C24H31N7O2. The fourth-order valence-corrected chi connectivity index (χ4v) is 4.80. The number of likely N-dealkylation sites (tertiary alicyclic amines) is 1. The number of hydrogen-bond acceptors (Lipinski definition) is 7. The molecule has 9 heteroatoms. The molecule has 1 fully saturated rings. The van der Waals surface area contributed by atoms with Crippen molar-refractivity contribution in [2.24, 2.45) is 13.0 Å². The van der Waals surface area contributed by atoms with Gasteiger partial charge in [-0.25, -0.2) is 15.0 Å². The number of nitrogens with zero attached hydrogens (tertiary/aromatic N) is 7. The van der Waals surface area contributed by atoms with Gasteiger partial charge in [-0.2, -0.15) is 4.98 Å². The number of fused-ring (bicyclic) bond motifs is 2. The molecule has 1 aromatic carbocycles. The van der Waals surface area contributed by atoms with Crippen LogP contribution in [0.5, 0.6) is 0 Å². The van der Waals surface area contributed by atoms with Gasteiger partial charge in [0, 0.05) is 7.05 Å². The van der Waals surface area contributed by atoms with Gasteiger partial charge in [0.25, 0.3) is 0 Å². The highest BCUT2D eigenvalue weighted by Crippen LogP contribution is 2.29. The van der Waals surface area contributed by atoms with Gasteiger partial charge < -0.3 is 14.8 Å². The zero-order chi connectivity index (χ0) is 23.3.